The number of hydrazine groups is 1. The van der Waals surface area contributed by atoms with E-state index in [4.69, 9.17) is 5.84 Å². The van der Waals surface area contributed by atoms with Crippen LogP contribution < -0.4 is 11.3 Å². The molecule has 0 aromatic rings. The second-order valence-corrected chi connectivity index (χ2v) is 6.95. The minimum atomic E-state index is 0.294. The quantitative estimate of drug-likeness (QED) is 0.467. The third-order valence-electron chi connectivity index (χ3n) is 5.74. The summed E-state index contributed by atoms with van der Waals surface area (Å²) in [6, 6.07) is 0.473. The van der Waals surface area contributed by atoms with E-state index in [1.807, 2.05) is 0 Å². The van der Waals surface area contributed by atoms with Crippen LogP contribution in [0.3, 0.4) is 0 Å². The number of nitrogens with zero attached hydrogens (tertiary/aromatic N) is 1. The maximum atomic E-state index is 6.03. The highest BCUT2D eigenvalue weighted by atomic mass is 15.3. The summed E-state index contributed by atoms with van der Waals surface area (Å²) in [6.45, 7) is 0. The van der Waals surface area contributed by atoms with Crippen molar-refractivity contribution in [2.45, 2.75) is 82.2 Å². The van der Waals surface area contributed by atoms with Crippen molar-refractivity contribution in [3.63, 3.8) is 0 Å². The van der Waals surface area contributed by atoms with Crippen LogP contribution in [0.4, 0.5) is 0 Å². The molecule has 3 nitrogen and oxygen atoms in total. The molecule has 0 saturated heterocycles. The van der Waals surface area contributed by atoms with Crippen LogP contribution in [-0.2, 0) is 0 Å². The summed E-state index contributed by atoms with van der Waals surface area (Å²) >= 11 is 0. The van der Waals surface area contributed by atoms with Gasteiger partial charge in [-0.2, -0.15) is 0 Å². The molecule has 0 aromatic heterocycles. The van der Waals surface area contributed by atoms with Gasteiger partial charge in [-0.25, -0.2) is 0 Å². The summed E-state index contributed by atoms with van der Waals surface area (Å²) in [5.74, 6) is 6.80. The lowest BCUT2D eigenvalue weighted by Gasteiger charge is -2.51. The highest BCUT2D eigenvalue weighted by molar-refractivity contribution is 5.02. The van der Waals surface area contributed by atoms with Gasteiger partial charge in [0.1, 0.15) is 0 Å². The molecular formula is C16H33N3. The lowest BCUT2D eigenvalue weighted by molar-refractivity contribution is 0.0287. The largest absolute Gasteiger partial charge is 0.302 e. The Hall–Kier alpha value is -0.120. The van der Waals surface area contributed by atoms with Crippen molar-refractivity contribution in [1.82, 2.24) is 10.3 Å². The molecule has 0 amide bonds. The van der Waals surface area contributed by atoms with E-state index < -0.39 is 0 Å². The average Bonchev–Trinajstić information content (AvgIpc) is 2.69. The molecule has 2 aliphatic rings. The van der Waals surface area contributed by atoms with Crippen molar-refractivity contribution in [2.75, 3.05) is 14.1 Å². The lowest BCUT2D eigenvalue weighted by atomic mass is 9.70. The zero-order valence-electron chi connectivity index (χ0n) is 13.0. The number of likely N-dealkylation sites (N-methyl/N-ethyl adjacent to an activating group) is 1. The molecule has 19 heavy (non-hydrogen) atoms. The average molecular weight is 267 g/mol. The molecule has 0 radical (unpaired) electrons. The summed E-state index contributed by atoms with van der Waals surface area (Å²) in [7, 11) is 4.51. The van der Waals surface area contributed by atoms with Crippen LogP contribution in [0.15, 0.2) is 0 Å². The van der Waals surface area contributed by atoms with E-state index in [2.05, 4.69) is 24.4 Å². The van der Waals surface area contributed by atoms with Gasteiger partial charge in [-0.3, -0.25) is 11.3 Å². The van der Waals surface area contributed by atoms with Gasteiger partial charge < -0.3 is 4.90 Å². The number of rotatable bonds is 4. The van der Waals surface area contributed by atoms with Crippen molar-refractivity contribution < 1.29 is 0 Å². The molecule has 2 aliphatic carbocycles. The maximum absolute atomic E-state index is 6.03. The molecule has 3 heteroatoms. The van der Waals surface area contributed by atoms with E-state index in [-0.39, 0.29) is 0 Å². The number of hydrogen-bond donors (Lipinski definition) is 2. The molecule has 1 unspecified atom stereocenters. The van der Waals surface area contributed by atoms with E-state index >= 15 is 0 Å². The van der Waals surface area contributed by atoms with Crippen molar-refractivity contribution in [3.8, 4) is 0 Å². The first-order valence-corrected chi connectivity index (χ1v) is 8.34. The van der Waals surface area contributed by atoms with Gasteiger partial charge in [0, 0.05) is 11.6 Å². The molecule has 1 atom stereocenters. The molecule has 0 spiro atoms. The number of nitrogens with one attached hydrogen (secondary N) is 1. The van der Waals surface area contributed by atoms with Crippen molar-refractivity contribution >= 4 is 0 Å². The van der Waals surface area contributed by atoms with Crippen LogP contribution in [0.1, 0.15) is 70.6 Å². The Morgan fingerprint density at radius 1 is 0.947 bits per heavy atom. The van der Waals surface area contributed by atoms with Crippen LogP contribution in [-0.4, -0.2) is 30.6 Å². The molecule has 2 fully saturated rings. The fraction of sp³-hybridized carbons (Fsp3) is 1.00. The van der Waals surface area contributed by atoms with Gasteiger partial charge in [0.05, 0.1) is 0 Å². The fourth-order valence-electron chi connectivity index (χ4n) is 4.57. The van der Waals surface area contributed by atoms with Crippen LogP contribution in [0.2, 0.25) is 0 Å². The topological polar surface area (TPSA) is 41.3 Å². The second kappa shape index (κ2) is 7.05. The zero-order valence-corrected chi connectivity index (χ0v) is 13.0. The smallest absolute Gasteiger partial charge is 0.0422 e. The van der Waals surface area contributed by atoms with Crippen LogP contribution in [0, 0.1) is 5.92 Å². The molecule has 112 valence electrons. The normalized spacial score (nSPS) is 27.2. The zero-order chi connectivity index (χ0) is 13.7. The van der Waals surface area contributed by atoms with Gasteiger partial charge >= 0.3 is 0 Å². The summed E-state index contributed by atoms with van der Waals surface area (Å²) in [4.78, 5) is 2.47. The van der Waals surface area contributed by atoms with Gasteiger partial charge in [-0.1, -0.05) is 44.9 Å². The summed E-state index contributed by atoms with van der Waals surface area (Å²) in [5.41, 5.74) is 3.54. The maximum Gasteiger partial charge on any atom is 0.0422 e. The van der Waals surface area contributed by atoms with Crippen LogP contribution in [0.25, 0.3) is 0 Å². The molecule has 0 heterocycles. The van der Waals surface area contributed by atoms with Crippen molar-refractivity contribution in [1.29, 1.82) is 0 Å². The monoisotopic (exact) mass is 267 g/mol. The predicted octanol–water partition coefficient (Wildman–Crippen LogP) is 3.05. The first-order chi connectivity index (χ1) is 9.20. The number of nitrogens with two attached hydrogens (primary N) is 1. The fourth-order valence-corrected chi connectivity index (χ4v) is 4.57. The minimum Gasteiger partial charge on any atom is -0.302 e. The van der Waals surface area contributed by atoms with Gasteiger partial charge in [0.15, 0.2) is 0 Å². The Morgan fingerprint density at radius 2 is 1.47 bits per heavy atom. The van der Waals surface area contributed by atoms with E-state index in [9.17, 15) is 0 Å². The first kappa shape index (κ1) is 15.3. The molecule has 0 aromatic carbocycles. The second-order valence-electron chi connectivity index (χ2n) is 6.95. The van der Waals surface area contributed by atoms with E-state index in [0.29, 0.717) is 11.6 Å². The molecule has 3 N–H and O–H groups in total. The van der Waals surface area contributed by atoms with Crippen LogP contribution in [0.5, 0.6) is 0 Å². The third-order valence-corrected chi connectivity index (χ3v) is 5.74. The summed E-state index contributed by atoms with van der Waals surface area (Å²) in [5, 5.41) is 0. The van der Waals surface area contributed by atoms with E-state index in [0.717, 1.165) is 5.92 Å². The van der Waals surface area contributed by atoms with Gasteiger partial charge in [0.2, 0.25) is 0 Å². The Kier molecular flexibility index (Phi) is 5.67. The Balaban J connectivity index is 2.15. The molecule has 2 rings (SSSR count). The van der Waals surface area contributed by atoms with Crippen LogP contribution >= 0.6 is 0 Å². The highest BCUT2D eigenvalue weighted by Crippen LogP contribution is 2.40. The Bertz CT molecular complexity index is 251. The molecular weight excluding hydrogens is 234 g/mol. The Labute approximate surface area is 119 Å². The lowest BCUT2D eigenvalue weighted by Crippen LogP contribution is -2.64. The van der Waals surface area contributed by atoms with Gasteiger partial charge in [0.25, 0.3) is 0 Å². The SMILES string of the molecule is CN(C)C1(C(NN)C2CCCCCC2)CCCCC1. The first-order valence-electron chi connectivity index (χ1n) is 8.34. The number of hydrogen-bond acceptors (Lipinski definition) is 3. The predicted molar refractivity (Wildman–Crippen MR) is 81.8 cm³/mol. The van der Waals surface area contributed by atoms with Gasteiger partial charge in [-0.05, 0) is 45.7 Å². The molecule has 0 bridgehead atoms. The highest BCUT2D eigenvalue weighted by Gasteiger charge is 2.44. The molecule has 2 saturated carbocycles. The Morgan fingerprint density at radius 3 is 1.95 bits per heavy atom. The van der Waals surface area contributed by atoms with E-state index in [1.54, 1.807) is 0 Å². The molecule has 0 aliphatic heterocycles. The van der Waals surface area contributed by atoms with E-state index in [1.165, 1.54) is 70.6 Å². The van der Waals surface area contributed by atoms with Crippen molar-refractivity contribution in [2.24, 2.45) is 11.8 Å². The van der Waals surface area contributed by atoms with Gasteiger partial charge in [-0.15, -0.1) is 0 Å². The summed E-state index contributed by atoms with van der Waals surface area (Å²) in [6.07, 6.45) is 15.1. The minimum absolute atomic E-state index is 0.294. The van der Waals surface area contributed by atoms with Crippen molar-refractivity contribution in [3.05, 3.63) is 0 Å². The third kappa shape index (κ3) is 3.32. The standard InChI is InChI=1S/C16H33N3/c1-19(2)16(12-8-5-9-13-16)15(18-17)14-10-6-3-4-7-11-14/h14-15,18H,3-13,17H2,1-2H3. The summed E-state index contributed by atoms with van der Waals surface area (Å²) < 4.78 is 0.